The number of tetrazole rings is 1. The van der Waals surface area contributed by atoms with Crippen molar-refractivity contribution in [2.75, 3.05) is 120 Å². The Bertz CT molecular complexity index is 4300. The highest BCUT2D eigenvalue weighted by atomic mass is 32.2. The molecule has 122 heavy (non-hydrogen) atoms. The zero-order valence-corrected chi connectivity index (χ0v) is 76.0. The molecule has 16 rings (SSSR count). The van der Waals surface area contributed by atoms with Gasteiger partial charge in [-0.2, -0.15) is 4.68 Å². The smallest absolute Gasteiger partial charge is 0.335 e. The third-order valence-electron chi connectivity index (χ3n) is 23.7. The molecule has 0 spiro atoms. The number of morpholine rings is 1. The molecule has 10 aliphatic rings. The SMILES string of the molecule is CC(=O)N1CCC(C)CC1.CC(=O)N1CCCC(C)C1.CC(=O)N1CCCCC1.CC(=O)N1CCCCC1C.CC(=O)N1CCCCCC1.CC(=O)N1CCOCC1.CC(=O)N1CCc2ccccc21.CC(=O)N1c2ccccc2CC1C.CC(=O)n1c2c(c3ccccc31)CCCC2.O=C(O)c1ccc(-n2nnnc2SCC(=O)N2CCCC2)cc1. The molecule has 6 aromatic rings. The maximum atomic E-state index is 12.1. The van der Waals surface area contributed by atoms with Gasteiger partial charge in [0.25, 0.3) is 0 Å². The van der Waals surface area contributed by atoms with Crippen LogP contribution in [0.4, 0.5) is 11.4 Å². The molecule has 11 heterocycles. The van der Waals surface area contributed by atoms with Gasteiger partial charge in [-0.1, -0.05) is 93.0 Å². The summed E-state index contributed by atoms with van der Waals surface area (Å²) in [5, 5.41) is 22.1. The Morgan fingerprint density at radius 3 is 1.46 bits per heavy atom. The van der Waals surface area contributed by atoms with Crippen molar-refractivity contribution in [3.05, 3.63) is 125 Å². The molecule has 7 fully saturated rings. The summed E-state index contributed by atoms with van der Waals surface area (Å²) in [4.78, 5) is 139. The van der Waals surface area contributed by atoms with Crippen LogP contribution in [-0.4, -0.2) is 252 Å². The first kappa shape index (κ1) is 99.3. The molecule has 0 bridgehead atoms. The lowest BCUT2D eigenvalue weighted by atomic mass is 9.96. The Kier molecular flexibility index (Phi) is 42.3. The molecule has 4 aromatic carbocycles. The van der Waals surface area contributed by atoms with E-state index in [2.05, 4.69) is 73.6 Å². The third kappa shape index (κ3) is 31.8. The average molecular weight is 1700 g/mol. The number of aryl methyl sites for hydroxylation is 1. The maximum absolute atomic E-state index is 12.1. The second-order valence-corrected chi connectivity index (χ2v) is 34.2. The van der Waals surface area contributed by atoms with Crippen LogP contribution in [0, 0.1) is 11.8 Å². The van der Waals surface area contributed by atoms with Crippen molar-refractivity contribution in [3.63, 3.8) is 0 Å². The summed E-state index contributed by atoms with van der Waals surface area (Å²) < 4.78 is 8.46. The molecule has 27 nitrogen and oxygen atoms in total. The number of hydrogen-bond donors (Lipinski definition) is 1. The molecule has 0 saturated carbocycles. The molecule has 1 aliphatic carbocycles. The molecule has 0 radical (unpaired) electrons. The Hall–Kier alpha value is -9.83. The van der Waals surface area contributed by atoms with Crippen LogP contribution in [0.5, 0.6) is 0 Å². The minimum atomic E-state index is -0.987. The second-order valence-electron chi connectivity index (χ2n) is 33.3. The van der Waals surface area contributed by atoms with Gasteiger partial charge in [-0.05, 0) is 224 Å². The van der Waals surface area contributed by atoms with Gasteiger partial charge in [-0.3, -0.25) is 52.5 Å². The monoisotopic (exact) mass is 1700 g/mol. The molecule has 9 amide bonds. The van der Waals surface area contributed by atoms with Crippen molar-refractivity contribution in [1.29, 1.82) is 0 Å². The van der Waals surface area contributed by atoms with Crippen LogP contribution in [0.1, 0.15) is 243 Å². The molecule has 3 unspecified atom stereocenters. The first-order chi connectivity index (χ1) is 58.4. The van der Waals surface area contributed by atoms with Crippen molar-refractivity contribution in [1.82, 2.24) is 59.1 Å². The van der Waals surface area contributed by atoms with E-state index in [1.807, 2.05) is 86.2 Å². The van der Waals surface area contributed by atoms with Crippen LogP contribution in [-0.2, 0) is 73.6 Å². The number of piperidine rings is 4. The van der Waals surface area contributed by atoms with E-state index in [0.717, 1.165) is 153 Å². The number of aromatic carboxylic acids is 1. The van der Waals surface area contributed by atoms with Crippen LogP contribution in [0.25, 0.3) is 16.6 Å². The van der Waals surface area contributed by atoms with Crippen LogP contribution < -0.4 is 9.80 Å². The lowest BCUT2D eigenvalue weighted by Gasteiger charge is -2.32. The molecule has 3 atom stereocenters. The molecule has 28 heteroatoms. The Morgan fingerprint density at radius 2 is 0.934 bits per heavy atom. The number of carboxylic acid groups (broad SMARTS) is 1. The third-order valence-corrected chi connectivity index (χ3v) is 24.6. The van der Waals surface area contributed by atoms with Gasteiger partial charge >= 0.3 is 5.97 Å². The van der Waals surface area contributed by atoms with E-state index in [0.29, 0.717) is 42.1 Å². The normalized spacial score (nSPS) is 18.9. The van der Waals surface area contributed by atoms with Gasteiger partial charge in [0.05, 0.1) is 35.7 Å². The van der Waals surface area contributed by atoms with Crippen LogP contribution in [0.2, 0.25) is 0 Å². The van der Waals surface area contributed by atoms with Gasteiger partial charge < -0.3 is 53.9 Å². The Morgan fingerprint density at radius 1 is 0.426 bits per heavy atom. The van der Waals surface area contributed by atoms with E-state index < -0.39 is 5.97 Å². The van der Waals surface area contributed by atoms with Crippen molar-refractivity contribution in [2.24, 2.45) is 11.8 Å². The van der Waals surface area contributed by atoms with Crippen molar-refractivity contribution in [2.45, 2.75) is 249 Å². The largest absolute Gasteiger partial charge is 0.478 e. The number of carbonyl (C=O) groups is 11. The number of hydrogen-bond acceptors (Lipinski definition) is 16. The number of anilines is 2. The predicted octanol–water partition coefficient (Wildman–Crippen LogP) is 14.1. The van der Waals surface area contributed by atoms with E-state index >= 15 is 0 Å². The highest BCUT2D eigenvalue weighted by Gasteiger charge is 2.30. The van der Waals surface area contributed by atoms with Crippen molar-refractivity contribution < 1.29 is 62.6 Å². The van der Waals surface area contributed by atoms with Gasteiger partial charge in [0.2, 0.25) is 64.2 Å². The summed E-state index contributed by atoms with van der Waals surface area (Å²) >= 11 is 1.27. The van der Waals surface area contributed by atoms with E-state index in [1.165, 1.54) is 159 Å². The molecule has 2 aromatic heterocycles. The number of likely N-dealkylation sites (tertiary alicyclic amines) is 6. The molecule has 1 N–H and O–H groups in total. The predicted molar refractivity (Wildman–Crippen MR) is 480 cm³/mol. The quantitative estimate of drug-likeness (QED) is 0.157. The lowest BCUT2D eigenvalue weighted by Crippen LogP contribution is -2.40. The lowest BCUT2D eigenvalue weighted by molar-refractivity contribution is -0.133. The fourth-order valence-corrected chi connectivity index (χ4v) is 17.6. The number of para-hydroxylation sites is 3. The minimum absolute atomic E-state index is 0.0864. The molecule has 668 valence electrons. The summed E-state index contributed by atoms with van der Waals surface area (Å²) in [6.07, 6.45) is 25.8. The number of benzene rings is 4. The number of rotatable bonds is 5. The number of ether oxygens (including phenoxy) is 1. The standard InChI is InChI=1S/C14H15N5O3S.C14H15NO.C11H13NO.C10H11NO.4C8H15NO.C7H13NO.C6H11NO2/c20-12(18-7-1-2-8-18)9-23-14-15-16-17-19(14)11-5-3-10(4-6-11)13(21)22;1-10(16)15-13-8-4-2-6-11(13)12-7-3-5-9-14(12)15;1-8-7-10-5-3-4-6-11(10)12(8)9(2)13;1-8(12)11-7-6-9-4-2-3-5-10(9)11;1-7-3-5-9(6-4-7)8(2)10;1-7-4-3-5-9(6-7)8(2)10;1-7-5-3-4-6-9(7)8(2)10;1-8(10)9-6-4-2-3-5-7-9;1-7(9)8-5-3-2-4-6-8;1-6(8)7-2-4-9-5-3-7/h3-6H,1-2,7-9H2,(H,21,22);2,4,6,8H,3,5,7,9H2,1H3;3-6,8H,7H2,1-2H3;2-5H,6-7H2,1H3;3*7H,3-6H2,1-2H3;2-7H2,1H3;2-6H2,1H3;2-5H2,1H3. The first-order valence-electron chi connectivity index (χ1n) is 44.5. The van der Waals surface area contributed by atoms with Gasteiger partial charge in [0.15, 0.2) is 0 Å². The minimum Gasteiger partial charge on any atom is -0.478 e. The Balaban J connectivity index is 0.000000190. The fraction of sp³-hybridized carbons (Fsp3) is 0.596. The van der Waals surface area contributed by atoms with E-state index in [4.69, 9.17) is 9.84 Å². The van der Waals surface area contributed by atoms with Crippen LogP contribution in [0.3, 0.4) is 0 Å². The number of carboxylic acids is 1. The van der Waals surface area contributed by atoms with Gasteiger partial charge in [-0.15, -0.1) is 5.10 Å². The summed E-state index contributed by atoms with van der Waals surface area (Å²) in [5.74, 6) is 2.63. The number of thioether (sulfide) groups is 1. The molecule has 9 aliphatic heterocycles. The van der Waals surface area contributed by atoms with Gasteiger partial charge in [0.1, 0.15) is 0 Å². The molecular weight excluding hydrogens is 1570 g/mol. The van der Waals surface area contributed by atoms with E-state index in [9.17, 15) is 52.7 Å². The Labute approximate surface area is 728 Å². The first-order valence-corrected chi connectivity index (χ1v) is 45.4. The number of fused-ring (bicyclic) bond motifs is 5. The second kappa shape index (κ2) is 51.9. The molecular formula is C94H138N14O13S. The summed E-state index contributed by atoms with van der Waals surface area (Å²) in [5.41, 5.74) is 9.32. The highest BCUT2D eigenvalue weighted by molar-refractivity contribution is 7.99. The van der Waals surface area contributed by atoms with E-state index in [1.54, 1.807) is 79.3 Å². The summed E-state index contributed by atoms with van der Waals surface area (Å²) in [7, 11) is 0. The van der Waals surface area contributed by atoms with Gasteiger partial charge in [0, 0.05) is 188 Å². The summed E-state index contributed by atoms with van der Waals surface area (Å²) in [6.45, 7) is 37.6. The topological polar surface area (TPSA) is 295 Å². The maximum Gasteiger partial charge on any atom is 0.335 e. The number of nitrogens with zero attached hydrogens (tertiary/aromatic N) is 14. The van der Waals surface area contributed by atoms with Crippen molar-refractivity contribution >= 4 is 99.1 Å². The highest BCUT2D eigenvalue weighted by Crippen LogP contribution is 2.34. The average Bonchev–Trinajstić information content (AvgIpc) is 1.61. The zero-order chi connectivity index (χ0) is 88.8. The van der Waals surface area contributed by atoms with Crippen LogP contribution >= 0.6 is 11.8 Å². The van der Waals surface area contributed by atoms with Crippen molar-refractivity contribution in [3.8, 4) is 5.69 Å². The van der Waals surface area contributed by atoms with Crippen LogP contribution in [0.15, 0.2) is 102 Å². The number of carbonyl (C=O) groups excluding carboxylic acids is 10. The summed E-state index contributed by atoms with van der Waals surface area (Å²) in [6, 6.07) is 31.5. The fourth-order valence-electron chi connectivity index (χ4n) is 16.8. The van der Waals surface area contributed by atoms with Gasteiger partial charge in [-0.25, -0.2) is 4.79 Å². The zero-order valence-electron chi connectivity index (χ0n) is 75.1. The van der Waals surface area contributed by atoms with E-state index in [-0.39, 0.29) is 70.4 Å². The number of amides is 9. The molecule has 7 saturated heterocycles. The number of aromatic nitrogens is 5.